The highest BCUT2D eigenvalue weighted by atomic mass is 16.5. The molecule has 3 aromatic rings. The maximum Gasteiger partial charge on any atom is 0.248 e. The van der Waals surface area contributed by atoms with Crippen LogP contribution in [0, 0.1) is 0 Å². The summed E-state index contributed by atoms with van der Waals surface area (Å²) in [6.07, 6.45) is 3.56. The van der Waals surface area contributed by atoms with Crippen LogP contribution in [0.25, 0.3) is 11.2 Å². The molecule has 3 rings (SSSR count). The Labute approximate surface area is 205 Å². The van der Waals surface area contributed by atoms with Crippen molar-refractivity contribution in [3.8, 4) is 5.75 Å². The number of hydrogen-bond acceptors (Lipinski definition) is 9. The standard InChI is InChI=1S/C24H33N9O2/c1-8-15(3)27-16-12-19(29-24-21(16)25-14-26-24)28-23-18(35-7)13-17(33(6)11-10-32(4)5)22(31-23)30-20(34)9-2/h9,12-14H,2-3,8,10-11H2,1,4-7H3,(H4,25,26,27,28,29,30,31,34). The van der Waals surface area contributed by atoms with Gasteiger partial charge in [0, 0.05) is 38.0 Å². The molecule has 0 saturated carbocycles. The minimum atomic E-state index is -0.364. The number of amides is 1. The van der Waals surface area contributed by atoms with Crippen LogP contribution in [0.15, 0.2) is 43.4 Å². The summed E-state index contributed by atoms with van der Waals surface area (Å²) in [5.74, 6) is 1.38. The zero-order chi connectivity index (χ0) is 25.5. The van der Waals surface area contributed by atoms with Crippen molar-refractivity contribution in [1.82, 2.24) is 24.8 Å². The molecule has 0 spiro atoms. The van der Waals surface area contributed by atoms with Crippen LogP contribution in [0.1, 0.15) is 13.3 Å². The number of nitrogens with zero attached hydrogens (tertiary/aromatic N) is 5. The number of aromatic nitrogens is 4. The van der Waals surface area contributed by atoms with Crippen LogP contribution >= 0.6 is 0 Å². The number of rotatable bonds is 12. The highest BCUT2D eigenvalue weighted by Gasteiger charge is 2.18. The number of pyridine rings is 2. The molecular weight excluding hydrogens is 446 g/mol. The van der Waals surface area contributed by atoms with Crippen LogP contribution in [0.4, 0.5) is 28.8 Å². The molecule has 35 heavy (non-hydrogen) atoms. The van der Waals surface area contributed by atoms with E-state index in [0.717, 1.165) is 36.4 Å². The highest BCUT2D eigenvalue weighted by molar-refractivity contribution is 6.00. The molecule has 3 heterocycles. The molecule has 1 amide bonds. The second-order valence-electron chi connectivity index (χ2n) is 8.19. The number of carbonyl (C=O) groups excluding carboxylic acids is 1. The van der Waals surface area contributed by atoms with Crippen molar-refractivity contribution in [2.24, 2.45) is 0 Å². The SMILES string of the molecule is C=CC(=O)Nc1nc(Nc2cc(NC(=C)CC)c3[nH]cnc3n2)c(OC)cc1N(C)CCN(C)C. The number of H-pyrrole nitrogens is 1. The topological polar surface area (TPSA) is 123 Å². The molecule has 0 radical (unpaired) electrons. The Morgan fingerprint density at radius 3 is 2.60 bits per heavy atom. The van der Waals surface area contributed by atoms with Gasteiger partial charge in [-0.2, -0.15) is 0 Å². The van der Waals surface area contributed by atoms with E-state index >= 15 is 0 Å². The van der Waals surface area contributed by atoms with Gasteiger partial charge in [-0.15, -0.1) is 0 Å². The molecule has 0 aliphatic rings. The number of imidazole rings is 1. The molecule has 0 fully saturated rings. The molecule has 0 saturated heterocycles. The van der Waals surface area contributed by atoms with Crippen LogP contribution < -0.4 is 25.6 Å². The summed E-state index contributed by atoms with van der Waals surface area (Å²) < 4.78 is 5.63. The van der Waals surface area contributed by atoms with Crippen molar-refractivity contribution < 1.29 is 9.53 Å². The molecule has 11 heteroatoms. The average molecular weight is 480 g/mol. The van der Waals surface area contributed by atoms with Crippen molar-refractivity contribution in [1.29, 1.82) is 0 Å². The van der Waals surface area contributed by atoms with Crippen LogP contribution in [0.2, 0.25) is 0 Å². The Morgan fingerprint density at radius 2 is 1.94 bits per heavy atom. The molecule has 11 nitrogen and oxygen atoms in total. The molecule has 0 aromatic carbocycles. The van der Waals surface area contributed by atoms with E-state index < -0.39 is 0 Å². The van der Waals surface area contributed by atoms with Crippen molar-refractivity contribution in [2.45, 2.75) is 13.3 Å². The summed E-state index contributed by atoms with van der Waals surface area (Å²) in [5.41, 5.74) is 3.64. The Balaban J connectivity index is 2.03. The molecule has 0 aliphatic carbocycles. The summed E-state index contributed by atoms with van der Waals surface area (Å²) in [6, 6.07) is 3.66. The van der Waals surface area contributed by atoms with Gasteiger partial charge in [0.05, 0.1) is 24.8 Å². The van der Waals surface area contributed by atoms with Crippen molar-refractivity contribution in [2.75, 3.05) is 62.2 Å². The Morgan fingerprint density at radius 1 is 1.17 bits per heavy atom. The van der Waals surface area contributed by atoms with E-state index in [9.17, 15) is 4.79 Å². The second kappa shape index (κ2) is 11.3. The van der Waals surface area contributed by atoms with Gasteiger partial charge < -0.3 is 35.5 Å². The van der Waals surface area contributed by atoms with Gasteiger partial charge in [-0.1, -0.05) is 20.1 Å². The third kappa shape index (κ3) is 6.27. The first-order valence-electron chi connectivity index (χ1n) is 11.2. The van der Waals surface area contributed by atoms with Crippen LogP contribution in [-0.2, 0) is 4.79 Å². The van der Waals surface area contributed by atoms with Gasteiger partial charge in [-0.05, 0) is 26.6 Å². The molecule has 0 atom stereocenters. The quantitative estimate of drug-likeness (QED) is 0.289. The molecular formula is C24H33N9O2. The van der Waals surface area contributed by atoms with Crippen LogP contribution in [0.3, 0.4) is 0 Å². The van der Waals surface area contributed by atoms with Crippen molar-refractivity contribution in [3.63, 3.8) is 0 Å². The van der Waals surface area contributed by atoms with Gasteiger partial charge >= 0.3 is 0 Å². The lowest BCUT2D eigenvalue weighted by Crippen LogP contribution is -2.29. The van der Waals surface area contributed by atoms with E-state index in [2.05, 4.69) is 53.9 Å². The van der Waals surface area contributed by atoms with E-state index in [1.54, 1.807) is 13.4 Å². The number of allylic oxidation sites excluding steroid dienone is 1. The summed E-state index contributed by atoms with van der Waals surface area (Å²) in [5, 5.41) is 9.30. The number of ether oxygens (including phenoxy) is 1. The predicted molar refractivity (Wildman–Crippen MR) is 142 cm³/mol. The Bertz CT molecular complexity index is 1220. The largest absolute Gasteiger partial charge is 0.493 e. The van der Waals surface area contributed by atoms with Gasteiger partial charge in [-0.25, -0.2) is 15.0 Å². The minimum absolute atomic E-state index is 0.364. The zero-order valence-corrected chi connectivity index (χ0v) is 20.9. The van der Waals surface area contributed by atoms with E-state index in [-0.39, 0.29) is 5.91 Å². The molecule has 186 valence electrons. The molecule has 0 bridgehead atoms. The van der Waals surface area contributed by atoms with Gasteiger partial charge in [-0.3, -0.25) is 4.79 Å². The van der Waals surface area contributed by atoms with Crippen molar-refractivity contribution >= 4 is 45.9 Å². The smallest absolute Gasteiger partial charge is 0.248 e. The number of methoxy groups -OCH3 is 1. The first kappa shape index (κ1) is 25.5. The normalized spacial score (nSPS) is 10.8. The maximum atomic E-state index is 12.2. The van der Waals surface area contributed by atoms with Gasteiger partial charge in [0.2, 0.25) is 5.91 Å². The number of likely N-dealkylation sites (N-methyl/N-ethyl adjacent to an activating group) is 2. The lowest BCUT2D eigenvalue weighted by molar-refractivity contribution is -0.111. The maximum absolute atomic E-state index is 12.2. The number of aromatic amines is 1. The van der Waals surface area contributed by atoms with E-state index in [0.29, 0.717) is 34.5 Å². The first-order chi connectivity index (χ1) is 16.7. The molecule has 3 aromatic heterocycles. The summed E-state index contributed by atoms with van der Waals surface area (Å²) in [7, 11) is 7.50. The van der Waals surface area contributed by atoms with E-state index in [1.165, 1.54) is 6.08 Å². The fourth-order valence-corrected chi connectivity index (χ4v) is 3.24. The fourth-order valence-electron chi connectivity index (χ4n) is 3.24. The summed E-state index contributed by atoms with van der Waals surface area (Å²) >= 11 is 0. The number of anilines is 5. The van der Waals surface area contributed by atoms with Gasteiger partial charge in [0.15, 0.2) is 23.0 Å². The zero-order valence-electron chi connectivity index (χ0n) is 20.9. The Hall–Kier alpha value is -4.12. The predicted octanol–water partition coefficient (Wildman–Crippen LogP) is 3.56. The second-order valence-corrected chi connectivity index (χ2v) is 8.19. The van der Waals surface area contributed by atoms with Crippen LogP contribution in [-0.4, -0.2) is 72.1 Å². The number of hydrogen-bond donors (Lipinski definition) is 4. The number of carbonyl (C=O) groups is 1. The fraction of sp³-hybridized carbons (Fsp3) is 0.333. The third-order valence-corrected chi connectivity index (χ3v) is 5.29. The van der Waals surface area contributed by atoms with Crippen LogP contribution in [0.5, 0.6) is 5.75 Å². The number of fused-ring (bicyclic) bond motifs is 1. The lowest BCUT2D eigenvalue weighted by atomic mass is 10.2. The average Bonchev–Trinajstić information content (AvgIpc) is 3.31. The van der Waals surface area contributed by atoms with E-state index in [4.69, 9.17) is 4.74 Å². The third-order valence-electron chi connectivity index (χ3n) is 5.29. The number of nitrogens with one attached hydrogen (secondary N) is 4. The molecule has 0 unspecified atom stereocenters. The summed E-state index contributed by atoms with van der Waals surface area (Å²) in [4.78, 5) is 32.9. The van der Waals surface area contributed by atoms with Gasteiger partial charge in [0.25, 0.3) is 0 Å². The Kier molecular flexibility index (Phi) is 8.26. The molecule has 4 N–H and O–H groups in total. The van der Waals surface area contributed by atoms with Gasteiger partial charge in [0.1, 0.15) is 11.3 Å². The van der Waals surface area contributed by atoms with E-state index in [1.807, 2.05) is 45.1 Å². The molecule has 0 aliphatic heterocycles. The van der Waals surface area contributed by atoms with Crippen molar-refractivity contribution in [3.05, 3.63) is 43.4 Å². The first-order valence-corrected chi connectivity index (χ1v) is 11.2. The monoisotopic (exact) mass is 479 g/mol. The lowest BCUT2D eigenvalue weighted by Gasteiger charge is -2.25. The summed E-state index contributed by atoms with van der Waals surface area (Å²) in [6.45, 7) is 11.1. The minimum Gasteiger partial charge on any atom is -0.493 e. The highest BCUT2D eigenvalue weighted by Crippen LogP contribution is 2.35.